The zero-order chi connectivity index (χ0) is 20.6. The molecule has 3 rings (SSSR count). The van der Waals surface area contributed by atoms with Crippen LogP contribution in [0.15, 0.2) is 18.5 Å². The van der Waals surface area contributed by atoms with Crippen LogP contribution in [0.2, 0.25) is 0 Å². The van der Waals surface area contributed by atoms with Crippen molar-refractivity contribution < 1.29 is 9.59 Å². The van der Waals surface area contributed by atoms with E-state index in [4.69, 9.17) is 0 Å². The van der Waals surface area contributed by atoms with Crippen molar-refractivity contribution in [1.29, 1.82) is 0 Å². The molecule has 0 saturated heterocycles. The Morgan fingerprint density at radius 2 is 1.93 bits per heavy atom. The molecule has 0 unspecified atom stereocenters. The summed E-state index contributed by atoms with van der Waals surface area (Å²) in [5.41, 5.74) is 0.285. The maximum atomic E-state index is 12.5. The van der Waals surface area contributed by atoms with Gasteiger partial charge in [-0.25, -0.2) is 0 Å². The molecule has 1 aliphatic carbocycles. The zero-order valence-electron chi connectivity index (χ0n) is 16.9. The first-order chi connectivity index (χ1) is 14.1. The molecule has 0 radical (unpaired) electrons. The first-order valence-corrected chi connectivity index (χ1v) is 10.1. The molecule has 1 saturated carbocycles. The van der Waals surface area contributed by atoms with Crippen LogP contribution in [0, 0.1) is 5.92 Å². The van der Waals surface area contributed by atoms with Crippen LogP contribution in [0.1, 0.15) is 55.3 Å². The summed E-state index contributed by atoms with van der Waals surface area (Å²) in [5, 5.41) is 24.8. The molecule has 10 heteroatoms. The fourth-order valence-electron chi connectivity index (χ4n) is 3.52. The third kappa shape index (κ3) is 5.49. The Morgan fingerprint density at radius 1 is 1.14 bits per heavy atom. The summed E-state index contributed by atoms with van der Waals surface area (Å²) in [6.45, 7) is 3.35. The summed E-state index contributed by atoms with van der Waals surface area (Å²) in [7, 11) is 1.56. The van der Waals surface area contributed by atoms with Gasteiger partial charge in [0.1, 0.15) is 12.1 Å². The second-order valence-electron chi connectivity index (χ2n) is 7.23. The van der Waals surface area contributed by atoms with Gasteiger partial charge >= 0.3 is 0 Å². The first kappa shape index (κ1) is 20.7. The number of amides is 2. The van der Waals surface area contributed by atoms with Gasteiger partial charge in [0, 0.05) is 25.6 Å². The number of aryl methyl sites for hydroxylation is 1. The molecule has 2 amide bonds. The summed E-state index contributed by atoms with van der Waals surface area (Å²) in [5.74, 6) is 1.25. The Morgan fingerprint density at radius 3 is 2.59 bits per heavy atom. The Balaban J connectivity index is 1.43. The number of hydrogen-bond donors (Lipinski definition) is 3. The minimum Gasteiger partial charge on any atom is -0.366 e. The Hall–Kier alpha value is -3.04. The van der Waals surface area contributed by atoms with Gasteiger partial charge in [0.05, 0.1) is 6.54 Å². The van der Waals surface area contributed by atoms with Gasteiger partial charge in [-0.05, 0) is 44.2 Å². The summed E-state index contributed by atoms with van der Waals surface area (Å²) in [4.78, 5) is 24.0. The lowest BCUT2D eigenvalue weighted by Gasteiger charge is -2.28. The summed E-state index contributed by atoms with van der Waals surface area (Å²) < 4.78 is 1.97. The van der Waals surface area contributed by atoms with Crippen molar-refractivity contribution in [2.24, 2.45) is 5.92 Å². The molecule has 0 aromatic carbocycles. The van der Waals surface area contributed by atoms with Crippen molar-refractivity contribution in [3.63, 3.8) is 0 Å². The van der Waals surface area contributed by atoms with Gasteiger partial charge in [-0.15, -0.1) is 20.4 Å². The first-order valence-electron chi connectivity index (χ1n) is 10.1. The monoisotopic (exact) mass is 400 g/mol. The molecule has 156 valence electrons. The quantitative estimate of drug-likeness (QED) is 0.606. The van der Waals surface area contributed by atoms with Gasteiger partial charge in [0.25, 0.3) is 5.91 Å². The van der Waals surface area contributed by atoms with Gasteiger partial charge in [0.2, 0.25) is 5.91 Å². The van der Waals surface area contributed by atoms with Crippen molar-refractivity contribution in [3.8, 4) is 0 Å². The molecular formula is C19H28N8O2. The van der Waals surface area contributed by atoms with Crippen LogP contribution in [-0.2, 0) is 17.9 Å². The molecule has 1 fully saturated rings. The topological polar surface area (TPSA) is 127 Å². The zero-order valence-corrected chi connectivity index (χ0v) is 16.9. The molecule has 2 aromatic heterocycles. The van der Waals surface area contributed by atoms with E-state index in [9.17, 15) is 9.59 Å². The second kappa shape index (κ2) is 9.94. The van der Waals surface area contributed by atoms with E-state index in [2.05, 4.69) is 43.3 Å². The minimum absolute atomic E-state index is 0.0114. The van der Waals surface area contributed by atoms with Crippen LogP contribution in [0.4, 0.5) is 5.82 Å². The van der Waals surface area contributed by atoms with Gasteiger partial charge in [-0.3, -0.25) is 9.59 Å². The summed E-state index contributed by atoms with van der Waals surface area (Å²) in [6, 6.07) is 3.64. The average molecular weight is 400 g/mol. The molecule has 10 nitrogen and oxygen atoms in total. The van der Waals surface area contributed by atoms with E-state index < -0.39 is 0 Å². The molecule has 29 heavy (non-hydrogen) atoms. The van der Waals surface area contributed by atoms with Crippen molar-refractivity contribution in [3.05, 3.63) is 30.0 Å². The Labute approximate surface area is 169 Å². The lowest BCUT2D eigenvalue weighted by molar-refractivity contribution is -0.126. The minimum atomic E-state index is -0.261. The van der Waals surface area contributed by atoms with E-state index in [0.717, 1.165) is 44.5 Å². The number of aromatic nitrogens is 5. The van der Waals surface area contributed by atoms with E-state index in [1.807, 2.05) is 4.57 Å². The molecule has 2 heterocycles. The van der Waals surface area contributed by atoms with Gasteiger partial charge in [-0.2, -0.15) is 0 Å². The summed E-state index contributed by atoms with van der Waals surface area (Å²) in [6.07, 6.45) is 6.08. The number of nitrogens with zero attached hydrogens (tertiary/aromatic N) is 5. The van der Waals surface area contributed by atoms with E-state index in [-0.39, 0.29) is 29.5 Å². The largest absolute Gasteiger partial charge is 0.366 e. The van der Waals surface area contributed by atoms with E-state index in [1.165, 1.54) is 0 Å². The van der Waals surface area contributed by atoms with Crippen LogP contribution in [-0.4, -0.2) is 49.9 Å². The Kier molecular flexibility index (Phi) is 7.09. The molecular weight excluding hydrogens is 372 g/mol. The van der Waals surface area contributed by atoms with E-state index in [0.29, 0.717) is 12.4 Å². The highest BCUT2D eigenvalue weighted by Gasteiger charge is 2.26. The van der Waals surface area contributed by atoms with Crippen LogP contribution >= 0.6 is 0 Å². The lowest BCUT2D eigenvalue weighted by atomic mass is 9.85. The average Bonchev–Trinajstić information content (AvgIpc) is 3.20. The maximum absolute atomic E-state index is 12.5. The number of nitrogens with one attached hydrogen (secondary N) is 3. The molecule has 0 spiro atoms. The lowest BCUT2D eigenvalue weighted by Crippen LogP contribution is -2.36. The van der Waals surface area contributed by atoms with Crippen LogP contribution < -0.4 is 16.0 Å². The van der Waals surface area contributed by atoms with Gasteiger partial charge < -0.3 is 20.5 Å². The number of carbonyl (C=O) groups excluding carboxylic acids is 2. The third-order valence-corrected chi connectivity index (χ3v) is 5.16. The van der Waals surface area contributed by atoms with Crippen LogP contribution in [0.5, 0.6) is 0 Å². The van der Waals surface area contributed by atoms with Crippen molar-refractivity contribution >= 4 is 17.6 Å². The van der Waals surface area contributed by atoms with Crippen LogP contribution in [0.3, 0.4) is 0 Å². The maximum Gasteiger partial charge on any atom is 0.271 e. The molecule has 2 aromatic rings. The molecule has 0 atom stereocenters. The highest BCUT2D eigenvalue weighted by atomic mass is 16.2. The van der Waals surface area contributed by atoms with Crippen molar-refractivity contribution in [2.75, 3.05) is 12.4 Å². The number of hydrogen-bond acceptors (Lipinski definition) is 7. The second-order valence-corrected chi connectivity index (χ2v) is 7.23. The molecule has 1 aliphatic rings. The smallest absolute Gasteiger partial charge is 0.271 e. The fourth-order valence-corrected chi connectivity index (χ4v) is 3.52. The van der Waals surface area contributed by atoms with Gasteiger partial charge in [-0.1, -0.05) is 6.92 Å². The van der Waals surface area contributed by atoms with Crippen molar-refractivity contribution in [2.45, 2.75) is 58.2 Å². The fraction of sp³-hybridized carbons (Fsp3) is 0.579. The van der Waals surface area contributed by atoms with Crippen molar-refractivity contribution in [1.82, 2.24) is 35.6 Å². The molecule has 0 aliphatic heterocycles. The number of anilines is 1. The van der Waals surface area contributed by atoms with Gasteiger partial charge in [0.15, 0.2) is 11.5 Å². The van der Waals surface area contributed by atoms with Crippen LogP contribution in [0.25, 0.3) is 0 Å². The number of carbonyl (C=O) groups is 2. The standard InChI is InChI=1S/C19H28N8O2/c1-3-10-27-12-22-26-17(27)11-21-18(28)13-4-6-14(7-5-13)23-16-9-8-15(24-25-16)19(29)20-2/h8-9,12-14H,3-7,10-11H2,1-2H3,(H,20,29)(H,21,28)(H,23,25). The highest BCUT2D eigenvalue weighted by Crippen LogP contribution is 2.26. The van der Waals surface area contributed by atoms with E-state index in [1.54, 1.807) is 25.5 Å². The predicted molar refractivity (Wildman–Crippen MR) is 107 cm³/mol. The SMILES string of the molecule is CCCn1cnnc1CNC(=O)C1CCC(Nc2ccc(C(=O)NC)nn2)CC1. The summed E-state index contributed by atoms with van der Waals surface area (Å²) >= 11 is 0. The molecule has 3 N–H and O–H groups in total. The number of rotatable bonds is 8. The predicted octanol–water partition coefficient (Wildman–Crippen LogP) is 1.12. The third-order valence-electron chi connectivity index (χ3n) is 5.16. The normalized spacial score (nSPS) is 18.8. The highest BCUT2D eigenvalue weighted by molar-refractivity contribution is 5.91. The van der Waals surface area contributed by atoms with E-state index >= 15 is 0 Å². The Bertz CT molecular complexity index is 812. The molecule has 0 bridgehead atoms.